The van der Waals surface area contributed by atoms with Crippen molar-refractivity contribution in [1.29, 1.82) is 0 Å². The highest BCUT2D eigenvalue weighted by Gasteiger charge is 2.21. The summed E-state index contributed by atoms with van der Waals surface area (Å²) >= 11 is 6.14. The molecule has 0 saturated carbocycles. The normalized spacial score (nSPS) is 12.3. The van der Waals surface area contributed by atoms with Crippen molar-refractivity contribution >= 4 is 33.2 Å². The zero-order chi connectivity index (χ0) is 22.8. The zero-order valence-corrected chi connectivity index (χ0v) is 18.8. The highest BCUT2D eigenvalue weighted by molar-refractivity contribution is 7.92. The Hall–Kier alpha value is -2.90. The summed E-state index contributed by atoms with van der Waals surface area (Å²) in [6.45, 7) is 5.56. The van der Waals surface area contributed by atoms with Crippen LogP contribution in [0.1, 0.15) is 40.0 Å². The molecule has 3 rings (SSSR count). The Bertz CT molecular complexity index is 1230. The van der Waals surface area contributed by atoms with Crippen molar-refractivity contribution in [2.75, 3.05) is 4.72 Å². The van der Waals surface area contributed by atoms with Crippen LogP contribution in [0.2, 0.25) is 5.02 Å². The van der Waals surface area contributed by atoms with E-state index in [-0.39, 0.29) is 21.3 Å². The number of carbonyl (C=O) groups excluding carboxylic acids is 1. The Kier molecular flexibility index (Phi) is 6.67. The van der Waals surface area contributed by atoms with E-state index in [4.69, 9.17) is 11.6 Å². The molecule has 162 valence electrons. The minimum absolute atomic E-state index is 0.000494. The minimum Gasteiger partial charge on any atom is -0.346 e. The van der Waals surface area contributed by atoms with E-state index in [1.165, 1.54) is 30.3 Å². The van der Waals surface area contributed by atoms with Crippen molar-refractivity contribution in [1.82, 2.24) is 5.32 Å². The lowest BCUT2D eigenvalue weighted by Gasteiger charge is -2.16. The molecular formula is C23H22ClFN2O3S. The van der Waals surface area contributed by atoms with Crippen molar-refractivity contribution in [3.8, 4) is 0 Å². The van der Waals surface area contributed by atoms with Crippen LogP contribution in [0.5, 0.6) is 0 Å². The predicted octanol–water partition coefficient (Wildman–Crippen LogP) is 5.39. The van der Waals surface area contributed by atoms with Gasteiger partial charge in [0.05, 0.1) is 11.1 Å². The first kappa shape index (κ1) is 22.8. The number of rotatable bonds is 6. The van der Waals surface area contributed by atoms with E-state index in [1.54, 1.807) is 31.2 Å². The number of aryl methyl sites for hydroxylation is 2. The summed E-state index contributed by atoms with van der Waals surface area (Å²) in [4.78, 5) is 12.5. The van der Waals surface area contributed by atoms with E-state index >= 15 is 0 Å². The van der Waals surface area contributed by atoms with Gasteiger partial charge in [-0.05, 0) is 79.9 Å². The molecule has 0 radical (unpaired) electrons. The highest BCUT2D eigenvalue weighted by atomic mass is 35.5. The number of amides is 1. The van der Waals surface area contributed by atoms with Crippen LogP contribution >= 0.6 is 11.6 Å². The van der Waals surface area contributed by atoms with Gasteiger partial charge >= 0.3 is 0 Å². The molecule has 2 N–H and O–H groups in total. The van der Waals surface area contributed by atoms with E-state index in [0.29, 0.717) is 11.3 Å². The average molecular weight is 461 g/mol. The highest BCUT2D eigenvalue weighted by Crippen LogP contribution is 2.26. The Balaban J connectivity index is 1.83. The predicted molar refractivity (Wildman–Crippen MR) is 120 cm³/mol. The van der Waals surface area contributed by atoms with Gasteiger partial charge < -0.3 is 5.32 Å². The van der Waals surface area contributed by atoms with Gasteiger partial charge in [0.2, 0.25) is 0 Å². The fourth-order valence-corrected chi connectivity index (χ4v) is 4.56. The van der Waals surface area contributed by atoms with Crippen LogP contribution in [0, 0.1) is 19.7 Å². The van der Waals surface area contributed by atoms with Crippen LogP contribution in [0.4, 0.5) is 10.1 Å². The van der Waals surface area contributed by atoms with Gasteiger partial charge in [-0.2, -0.15) is 0 Å². The number of anilines is 1. The smallest absolute Gasteiger partial charge is 0.263 e. The lowest BCUT2D eigenvalue weighted by Crippen LogP contribution is -2.27. The maximum atomic E-state index is 13.1. The van der Waals surface area contributed by atoms with Crippen LogP contribution in [0.25, 0.3) is 0 Å². The van der Waals surface area contributed by atoms with E-state index in [9.17, 15) is 17.6 Å². The molecule has 8 heteroatoms. The van der Waals surface area contributed by atoms with Crippen molar-refractivity contribution in [3.05, 3.63) is 93.8 Å². The first-order chi connectivity index (χ1) is 14.6. The molecule has 3 aromatic carbocycles. The Labute approximate surface area is 186 Å². The van der Waals surface area contributed by atoms with Crippen LogP contribution in [0.3, 0.4) is 0 Å². The fourth-order valence-electron chi connectivity index (χ4n) is 2.98. The van der Waals surface area contributed by atoms with Crippen molar-refractivity contribution in [3.63, 3.8) is 0 Å². The molecule has 31 heavy (non-hydrogen) atoms. The molecule has 0 saturated heterocycles. The number of halogens is 2. The molecule has 0 bridgehead atoms. The fraction of sp³-hybridized carbons (Fsp3) is 0.174. The number of hydrogen-bond acceptors (Lipinski definition) is 3. The van der Waals surface area contributed by atoms with Crippen molar-refractivity contribution in [2.24, 2.45) is 0 Å². The molecule has 0 fully saturated rings. The quantitative estimate of drug-likeness (QED) is 0.518. The molecule has 5 nitrogen and oxygen atoms in total. The third-order valence-electron chi connectivity index (χ3n) is 4.96. The third-order valence-corrected chi connectivity index (χ3v) is 6.82. The summed E-state index contributed by atoms with van der Waals surface area (Å²) in [5.74, 6) is -0.845. The first-order valence-electron chi connectivity index (χ1n) is 9.53. The Morgan fingerprint density at radius 1 is 0.968 bits per heavy atom. The van der Waals surface area contributed by atoms with Gasteiger partial charge in [-0.15, -0.1) is 0 Å². The number of benzene rings is 3. The van der Waals surface area contributed by atoms with Crippen LogP contribution < -0.4 is 10.0 Å². The van der Waals surface area contributed by atoms with Crippen LogP contribution in [-0.2, 0) is 10.0 Å². The standard InChI is InChI=1S/C23H22ClFN2O3S/c1-14-4-10-20(12-15(14)2)27-31(29,30)22-13-18(7-11-21(22)24)23(28)26-16(3)17-5-8-19(25)9-6-17/h4-13,16,27H,1-3H3,(H,26,28)/t16-/m0/s1. The lowest BCUT2D eigenvalue weighted by atomic mass is 10.1. The van der Waals surface area contributed by atoms with Gasteiger partial charge in [-0.1, -0.05) is 29.8 Å². The molecule has 3 aromatic rings. The molecule has 0 aliphatic rings. The zero-order valence-electron chi connectivity index (χ0n) is 17.2. The van der Waals surface area contributed by atoms with E-state index < -0.39 is 22.0 Å². The van der Waals surface area contributed by atoms with Gasteiger partial charge in [0.1, 0.15) is 10.7 Å². The molecule has 0 heterocycles. The second-order valence-corrected chi connectivity index (χ2v) is 9.35. The molecule has 0 aliphatic heterocycles. The van der Waals surface area contributed by atoms with Gasteiger partial charge in [-0.3, -0.25) is 9.52 Å². The monoisotopic (exact) mass is 460 g/mol. The topological polar surface area (TPSA) is 75.3 Å². The molecular weight excluding hydrogens is 439 g/mol. The Morgan fingerprint density at radius 2 is 1.65 bits per heavy atom. The number of hydrogen-bond donors (Lipinski definition) is 2. The van der Waals surface area contributed by atoms with Gasteiger partial charge in [0.25, 0.3) is 15.9 Å². The molecule has 1 amide bonds. The summed E-state index contributed by atoms with van der Waals surface area (Å²) in [5.41, 5.74) is 3.23. The molecule has 0 unspecified atom stereocenters. The average Bonchev–Trinajstić information content (AvgIpc) is 2.71. The van der Waals surface area contributed by atoms with Gasteiger partial charge in [0, 0.05) is 11.3 Å². The van der Waals surface area contributed by atoms with Crippen molar-refractivity contribution in [2.45, 2.75) is 31.7 Å². The number of carbonyl (C=O) groups is 1. The van der Waals surface area contributed by atoms with Gasteiger partial charge in [0.15, 0.2) is 0 Å². The third kappa shape index (κ3) is 5.42. The van der Waals surface area contributed by atoms with E-state index in [1.807, 2.05) is 19.9 Å². The summed E-state index contributed by atoms with van der Waals surface area (Å²) < 4.78 is 41.4. The minimum atomic E-state index is -4.02. The second kappa shape index (κ2) is 9.08. The second-order valence-electron chi connectivity index (χ2n) is 7.30. The SMILES string of the molecule is Cc1ccc(NS(=O)(=O)c2cc(C(=O)N[C@@H](C)c3ccc(F)cc3)ccc2Cl)cc1C. The molecule has 1 atom stereocenters. The number of sulfonamides is 1. The molecule has 0 spiro atoms. The van der Waals surface area contributed by atoms with Crippen molar-refractivity contribution < 1.29 is 17.6 Å². The number of nitrogens with one attached hydrogen (secondary N) is 2. The summed E-state index contributed by atoms with van der Waals surface area (Å²) in [6, 6.07) is 14.6. The summed E-state index contributed by atoms with van der Waals surface area (Å²) in [6.07, 6.45) is 0. The largest absolute Gasteiger partial charge is 0.346 e. The van der Waals surface area contributed by atoms with E-state index in [2.05, 4.69) is 10.0 Å². The lowest BCUT2D eigenvalue weighted by molar-refractivity contribution is 0.0939. The first-order valence-corrected chi connectivity index (χ1v) is 11.4. The van der Waals surface area contributed by atoms with E-state index in [0.717, 1.165) is 11.1 Å². The molecule has 0 aromatic heterocycles. The summed E-state index contributed by atoms with van der Waals surface area (Å²) in [5, 5.41) is 2.77. The van der Waals surface area contributed by atoms with Gasteiger partial charge in [-0.25, -0.2) is 12.8 Å². The maximum absolute atomic E-state index is 13.1. The maximum Gasteiger partial charge on any atom is 0.263 e. The Morgan fingerprint density at radius 3 is 2.29 bits per heavy atom. The van der Waals surface area contributed by atoms with Crippen LogP contribution in [0.15, 0.2) is 65.6 Å². The van der Waals surface area contributed by atoms with Crippen LogP contribution in [-0.4, -0.2) is 14.3 Å². The molecule has 0 aliphatic carbocycles. The summed E-state index contributed by atoms with van der Waals surface area (Å²) in [7, 11) is -4.02.